The van der Waals surface area contributed by atoms with E-state index in [4.69, 9.17) is 14.2 Å². The van der Waals surface area contributed by atoms with Gasteiger partial charge in [-0.2, -0.15) is 8.78 Å². The van der Waals surface area contributed by atoms with Crippen molar-refractivity contribution in [1.82, 2.24) is 4.90 Å². The third-order valence-electron chi connectivity index (χ3n) is 5.71. The number of benzene rings is 2. The summed E-state index contributed by atoms with van der Waals surface area (Å²) in [6, 6.07) is 9.95. The Bertz CT molecular complexity index is 885. The van der Waals surface area contributed by atoms with Crippen LogP contribution in [0.25, 0.3) is 0 Å². The Morgan fingerprint density at radius 1 is 1.03 bits per heavy atom. The summed E-state index contributed by atoms with van der Waals surface area (Å²) in [6.45, 7) is -0.500. The highest BCUT2D eigenvalue weighted by Gasteiger charge is 2.41. The molecule has 0 saturated carbocycles. The predicted octanol–water partition coefficient (Wildman–Crippen LogP) is 4.46. The largest absolute Gasteiger partial charge is 0.496 e. The predicted molar refractivity (Wildman–Crippen MR) is 111 cm³/mol. The van der Waals surface area contributed by atoms with Crippen LogP contribution in [0.4, 0.5) is 8.78 Å². The van der Waals surface area contributed by atoms with Crippen LogP contribution in [0, 0.1) is 5.92 Å². The molecular formula is C23H27F2NO5. The van der Waals surface area contributed by atoms with Gasteiger partial charge in [0.15, 0.2) is 11.5 Å². The van der Waals surface area contributed by atoms with E-state index in [-0.39, 0.29) is 29.5 Å². The van der Waals surface area contributed by atoms with Gasteiger partial charge in [0.25, 0.3) is 0 Å². The smallest absolute Gasteiger partial charge is 0.387 e. The zero-order chi connectivity index (χ0) is 22.5. The molecule has 0 bridgehead atoms. The van der Waals surface area contributed by atoms with E-state index >= 15 is 0 Å². The van der Waals surface area contributed by atoms with Crippen LogP contribution in [0.1, 0.15) is 30.5 Å². The number of halogens is 2. The lowest BCUT2D eigenvalue weighted by molar-refractivity contribution is -0.113. The molecule has 3 unspecified atom stereocenters. The number of ether oxygens (including phenoxy) is 4. The fourth-order valence-electron chi connectivity index (χ4n) is 4.30. The second kappa shape index (κ2) is 9.96. The third-order valence-corrected chi connectivity index (χ3v) is 5.71. The van der Waals surface area contributed by atoms with Crippen molar-refractivity contribution in [2.75, 3.05) is 21.3 Å². The maximum Gasteiger partial charge on any atom is 0.387 e. The summed E-state index contributed by atoms with van der Waals surface area (Å²) >= 11 is 0. The average molecular weight is 435 g/mol. The maximum atomic E-state index is 12.6. The van der Waals surface area contributed by atoms with Crippen molar-refractivity contribution in [3.05, 3.63) is 47.5 Å². The Labute approximate surface area is 180 Å². The lowest BCUT2D eigenvalue weighted by Crippen LogP contribution is -2.34. The normalized spacial score (nSPS) is 21.2. The molecule has 1 aliphatic heterocycles. The second-order valence-corrected chi connectivity index (χ2v) is 7.47. The molecule has 6 nitrogen and oxygen atoms in total. The molecule has 0 N–H and O–H groups in total. The molecule has 3 atom stereocenters. The average Bonchev–Trinajstić information content (AvgIpc) is 3.07. The van der Waals surface area contributed by atoms with Crippen molar-refractivity contribution in [2.24, 2.45) is 5.92 Å². The van der Waals surface area contributed by atoms with E-state index in [0.29, 0.717) is 18.0 Å². The minimum Gasteiger partial charge on any atom is -0.496 e. The summed E-state index contributed by atoms with van der Waals surface area (Å²) in [5, 5.41) is 0. The van der Waals surface area contributed by atoms with Gasteiger partial charge in [0, 0.05) is 12.6 Å². The Balaban J connectivity index is 1.99. The highest BCUT2D eigenvalue weighted by Crippen LogP contribution is 2.47. The Morgan fingerprint density at radius 3 is 2.23 bits per heavy atom. The van der Waals surface area contributed by atoms with Gasteiger partial charge in [-0.05, 0) is 42.2 Å². The molecule has 0 radical (unpaired) electrons. The monoisotopic (exact) mass is 435 g/mol. The van der Waals surface area contributed by atoms with E-state index in [9.17, 15) is 13.6 Å². The molecule has 1 aliphatic rings. The summed E-state index contributed by atoms with van der Waals surface area (Å²) in [5.41, 5.74) is 1.69. The molecule has 168 valence electrons. The van der Waals surface area contributed by atoms with Gasteiger partial charge >= 0.3 is 6.61 Å². The van der Waals surface area contributed by atoms with Crippen molar-refractivity contribution in [3.63, 3.8) is 0 Å². The molecule has 0 aliphatic carbocycles. The van der Waals surface area contributed by atoms with Crippen LogP contribution in [0.3, 0.4) is 0 Å². The topological polar surface area (TPSA) is 57.2 Å². The number of carbonyl (C=O) groups is 1. The van der Waals surface area contributed by atoms with Crippen molar-refractivity contribution in [1.29, 1.82) is 0 Å². The molecule has 2 aromatic carbocycles. The zero-order valence-corrected chi connectivity index (χ0v) is 18.0. The molecule has 1 fully saturated rings. The summed E-state index contributed by atoms with van der Waals surface area (Å²) in [6.07, 6.45) is 1.70. The molecule has 3 rings (SSSR count). The molecule has 0 amide bonds. The fraction of sp³-hybridized carbons (Fsp3) is 0.435. The molecule has 1 saturated heterocycles. The molecular weight excluding hydrogens is 408 g/mol. The number of carbonyl (C=O) groups excluding carboxylic acids is 1. The van der Waals surface area contributed by atoms with Gasteiger partial charge in [0.05, 0.1) is 32.9 Å². The fourth-order valence-corrected chi connectivity index (χ4v) is 4.30. The van der Waals surface area contributed by atoms with Crippen LogP contribution in [0.5, 0.6) is 23.0 Å². The highest BCUT2D eigenvalue weighted by atomic mass is 19.3. The molecule has 1 heterocycles. The summed E-state index contributed by atoms with van der Waals surface area (Å²) in [4.78, 5) is 14.1. The molecule has 31 heavy (non-hydrogen) atoms. The van der Waals surface area contributed by atoms with Crippen LogP contribution < -0.4 is 18.9 Å². The van der Waals surface area contributed by atoms with E-state index in [1.807, 2.05) is 25.1 Å². The van der Waals surface area contributed by atoms with E-state index < -0.39 is 6.61 Å². The number of hydrogen-bond donors (Lipinski definition) is 0. The molecule has 0 spiro atoms. The number of hydrogen-bond acceptors (Lipinski definition) is 6. The summed E-state index contributed by atoms with van der Waals surface area (Å²) in [7, 11) is 4.60. The Morgan fingerprint density at radius 2 is 1.68 bits per heavy atom. The standard InChI is InChI=1S/C23H27F2NO5/c1-14-10-16(22-19(28-2)6-5-7-20(22)29-3)26(17(14)13-27)12-15-8-9-18(31-23(24)25)21(11-15)30-4/h5-9,11,13-14,16-17,23H,10,12H2,1-4H3. The van der Waals surface area contributed by atoms with Gasteiger partial charge in [-0.25, -0.2) is 0 Å². The second-order valence-electron chi connectivity index (χ2n) is 7.47. The van der Waals surface area contributed by atoms with Crippen LogP contribution in [0.2, 0.25) is 0 Å². The first kappa shape index (κ1) is 22.8. The lowest BCUT2D eigenvalue weighted by Gasteiger charge is -2.30. The summed E-state index contributed by atoms with van der Waals surface area (Å²) in [5.74, 6) is 1.66. The minimum atomic E-state index is -2.94. The number of rotatable bonds is 9. The van der Waals surface area contributed by atoms with Gasteiger partial charge in [-0.1, -0.05) is 19.1 Å². The highest BCUT2D eigenvalue weighted by molar-refractivity contribution is 5.60. The summed E-state index contributed by atoms with van der Waals surface area (Å²) < 4.78 is 46.2. The number of aldehydes is 1. The van der Waals surface area contributed by atoms with Crippen LogP contribution in [-0.4, -0.2) is 45.2 Å². The molecule has 2 aromatic rings. The van der Waals surface area contributed by atoms with Crippen LogP contribution in [0.15, 0.2) is 36.4 Å². The van der Waals surface area contributed by atoms with Gasteiger partial charge < -0.3 is 23.7 Å². The van der Waals surface area contributed by atoms with E-state index in [1.165, 1.54) is 13.2 Å². The molecule has 8 heteroatoms. The number of likely N-dealkylation sites (tertiary alicyclic amines) is 1. The van der Waals surface area contributed by atoms with Gasteiger partial charge in [0.2, 0.25) is 0 Å². The first-order valence-corrected chi connectivity index (χ1v) is 9.97. The van der Waals surface area contributed by atoms with Crippen molar-refractivity contribution in [3.8, 4) is 23.0 Å². The quantitative estimate of drug-likeness (QED) is 0.542. The van der Waals surface area contributed by atoms with Gasteiger partial charge in [0.1, 0.15) is 17.8 Å². The van der Waals surface area contributed by atoms with Crippen LogP contribution >= 0.6 is 0 Å². The SMILES string of the molecule is COc1cc(CN2C(c3c(OC)cccc3OC)CC(C)C2C=O)ccc1OC(F)F. The van der Waals surface area contributed by atoms with Crippen molar-refractivity contribution < 1.29 is 32.5 Å². The first-order valence-electron chi connectivity index (χ1n) is 9.97. The van der Waals surface area contributed by atoms with E-state index in [0.717, 1.165) is 23.8 Å². The Hall–Kier alpha value is -2.87. The van der Waals surface area contributed by atoms with Crippen molar-refractivity contribution in [2.45, 2.75) is 38.6 Å². The number of methoxy groups -OCH3 is 3. The van der Waals surface area contributed by atoms with Crippen molar-refractivity contribution >= 4 is 6.29 Å². The number of alkyl halides is 2. The van der Waals surface area contributed by atoms with E-state index in [2.05, 4.69) is 9.64 Å². The molecule has 0 aromatic heterocycles. The first-order chi connectivity index (χ1) is 14.9. The minimum absolute atomic E-state index is 0.0362. The van der Waals surface area contributed by atoms with Gasteiger partial charge in [-0.3, -0.25) is 4.90 Å². The van der Waals surface area contributed by atoms with Gasteiger partial charge in [-0.15, -0.1) is 0 Å². The maximum absolute atomic E-state index is 12.6. The van der Waals surface area contributed by atoms with Crippen LogP contribution in [-0.2, 0) is 11.3 Å². The third kappa shape index (κ3) is 4.74. The zero-order valence-electron chi connectivity index (χ0n) is 18.0. The Kier molecular flexibility index (Phi) is 7.33. The number of nitrogens with zero attached hydrogens (tertiary/aromatic N) is 1. The van der Waals surface area contributed by atoms with E-state index in [1.54, 1.807) is 26.4 Å². The lowest BCUT2D eigenvalue weighted by atomic mass is 9.97.